The Morgan fingerprint density at radius 3 is 1.69 bits per heavy atom. The minimum absolute atomic E-state index is 0.239. The maximum atomic E-state index is 12.5. The molecule has 1 saturated carbocycles. The third-order valence-electron chi connectivity index (χ3n) is 8.50. The van der Waals surface area contributed by atoms with Gasteiger partial charge in [-0.25, -0.2) is 0 Å². The van der Waals surface area contributed by atoms with Crippen LogP contribution in [0, 0.1) is 5.41 Å². The van der Waals surface area contributed by atoms with E-state index in [1.54, 1.807) is 0 Å². The van der Waals surface area contributed by atoms with Crippen LogP contribution < -0.4 is 0 Å². The average molecular weight is 507 g/mol. The summed E-state index contributed by atoms with van der Waals surface area (Å²) in [7, 11) is 1.84. The minimum Gasteiger partial charge on any atom is -0.384 e. The Morgan fingerprint density at radius 2 is 1.17 bits per heavy atom. The molecule has 3 rings (SSSR count). The van der Waals surface area contributed by atoms with Gasteiger partial charge < -0.3 is 24.3 Å². The number of rotatable bonds is 17. The Balaban J connectivity index is 1.09. The molecule has 1 aliphatic carbocycles. The number of piperazine rings is 2. The highest BCUT2D eigenvalue weighted by molar-refractivity contribution is 5.78. The Labute approximate surface area is 220 Å². The van der Waals surface area contributed by atoms with Crippen LogP contribution in [0.4, 0.5) is 0 Å². The highest BCUT2D eigenvalue weighted by Crippen LogP contribution is 2.46. The number of carbonyl (C=O) groups is 2. The molecule has 3 fully saturated rings. The number of ether oxygens (including phenoxy) is 1. The van der Waals surface area contributed by atoms with Crippen LogP contribution in [0.15, 0.2) is 0 Å². The van der Waals surface area contributed by atoms with Crippen molar-refractivity contribution < 1.29 is 14.3 Å². The molecule has 0 bridgehead atoms. The maximum Gasteiger partial charge on any atom is 0.222 e. The predicted molar refractivity (Wildman–Crippen MR) is 146 cm³/mol. The molecule has 7 heteroatoms. The molecule has 0 N–H and O–H groups in total. The van der Waals surface area contributed by atoms with E-state index >= 15 is 0 Å². The molecule has 0 aromatic rings. The Bertz CT molecular complexity index is 638. The van der Waals surface area contributed by atoms with Crippen molar-refractivity contribution in [2.75, 3.05) is 79.2 Å². The van der Waals surface area contributed by atoms with Gasteiger partial charge in [0.2, 0.25) is 11.8 Å². The third-order valence-corrected chi connectivity index (χ3v) is 8.50. The summed E-state index contributed by atoms with van der Waals surface area (Å²) in [5.74, 6) is 0.517. The van der Waals surface area contributed by atoms with E-state index in [2.05, 4.69) is 9.80 Å². The van der Waals surface area contributed by atoms with Crippen LogP contribution in [0.2, 0.25) is 0 Å². The van der Waals surface area contributed by atoms with Crippen LogP contribution >= 0.6 is 0 Å². The van der Waals surface area contributed by atoms with E-state index in [1.807, 2.05) is 23.8 Å². The smallest absolute Gasteiger partial charge is 0.222 e. The molecule has 2 amide bonds. The number of amides is 2. The second kappa shape index (κ2) is 15.9. The lowest BCUT2D eigenvalue weighted by atomic mass is 10.1. The standard InChI is InChI=1S/C29H54N4O3/c1-3-12-27(34)32-21-23-33(24-22-32)28(35)13-10-8-6-4-5-7-9-11-16-30-17-19-31(20-18-30)25-29(14-15-29)26-36-2/h3-26H2,1-2H3. The van der Waals surface area contributed by atoms with E-state index in [4.69, 9.17) is 4.74 Å². The first-order valence-electron chi connectivity index (χ1n) is 15.0. The normalized spacial score (nSPS) is 20.6. The average Bonchev–Trinajstić information content (AvgIpc) is 3.65. The number of hydrogen-bond acceptors (Lipinski definition) is 5. The van der Waals surface area contributed by atoms with E-state index in [9.17, 15) is 9.59 Å². The predicted octanol–water partition coefficient (Wildman–Crippen LogP) is 4.01. The second-order valence-corrected chi connectivity index (χ2v) is 11.6. The van der Waals surface area contributed by atoms with Crippen molar-refractivity contribution in [3.63, 3.8) is 0 Å². The van der Waals surface area contributed by atoms with Crippen molar-refractivity contribution in [2.45, 2.75) is 90.4 Å². The van der Waals surface area contributed by atoms with Gasteiger partial charge >= 0.3 is 0 Å². The number of unbranched alkanes of at least 4 members (excludes halogenated alkanes) is 7. The van der Waals surface area contributed by atoms with Crippen molar-refractivity contribution >= 4 is 11.8 Å². The summed E-state index contributed by atoms with van der Waals surface area (Å²) < 4.78 is 5.43. The van der Waals surface area contributed by atoms with Crippen LogP contribution in [0.3, 0.4) is 0 Å². The molecular formula is C29H54N4O3. The van der Waals surface area contributed by atoms with E-state index in [1.165, 1.54) is 90.6 Å². The molecule has 7 nitrogen and oxygen atoms in total. The lowest BCUT2D eigenvalue weighted by Gasteiger charge is -2.36. The third kappa shape index (κ3) is 10.3. The minimum atomic E-state index is 0.239. The molecular weight excluding hydrogens is 452 g/mol. The number of carbonyl (C=O) groups excluding carboxylic acids is 2. The number of nitrogens with zero attached hydrogens (tertiary/aromatic N) is 4. The van der Waals surface area contributed by atoms with Crippen molar-refractivity contribution in [1.82, 2.24) is 19.6 Å². The van der Waals surface area contributed by atoms with Crippen LogP contribution in [0.5, 0.6) is 0 Å². The molecule has 0 aromatic heterocycles. The van der Waals surface area contributed by atoms with Crippen molar-refractivity contribution in [2.24, 2.45) is 5.41 Å². The van der Waals surface area contributed by atoms with Crippen LogP contribution in [-0.4, -0.2) is 111 Å². The van der Waals surface area contributed by atoms with E-state index in [-0.39, 0.29) is 11.8 Å². The molecule has 0 spiro atoms. The Kier molecular flexibility index (Phi) is 13.0. The summed E-state index contributed by atoms with van der Waals surface area (Å²) in [6.07, 6.45) is 15.0. The molecule has 208 valence electrons. The number of methoxy groups -OCH3 is 1. The van der Waals surface area contributed by atoms with E-state index < -0.39 is 0 Å². The van der Waals surface area contributed by atoms with Crippen molar-refractivity contribution in [3.8, 4) is 0 Å². The monoisotopic (exact) mass is 506 g/mol. The number of hydrogen-bond donors (Lipinski definition) is 0. The highest BCUT2D eigenvalue weighted by atomic mass is 16.5. The second-order valence-electron chi connectivity index (χ2n) is 11.6. The van der Waals surface area contributed by atoms with E-state index in [0.29, 0.717) is 44.4 Å². The Morgan fingerprint density at radius 1 is 0.667 bits per heavy atom. The Hall–Kier alpha value is -1.18. The van der Waals surface area contributed by atoms with Crippen LogP contribution in [0.25, 0.3) is 0 Å². The highest BCUT2D eigenvalue weighted by Gasteiger charge is 2.44. The fourth-order valence-electron chi connectivity index (χ4n) is 5.88. The van der Waals surface area contributed by atoms with Gasteiger partial charge in [-0.1, -0.05) is 45.4 Å². The first-order valence-corrected chi connectivity index (χ1v) is 15.0. The lowest BCUT2D eigenvalue weighted by molar-refractivity contribution is -0.139. The van der Waals surface area contributed by atoms with E-state index in [0.717, 1.165) is 25.9 Å². The molecule has 36 heavy (non-hydrogen) atoms. The largest absolute Gasteiger partial charge is 0.384 e. The maximum absolute atomic E-state index is 12.5. The summed E-state index contributed by atoms with van der Waals surface area (Å²) >= 11 is 0. The fraction of sp³-hybridized carbons (Fsp3) is 0.931. The first-order chi connectivity index (χ1) is 17.5. The van der Waals surface area contributed by atoms with Gasteiger partial charge in [-0.05, 0) is 38.6 Å². The van der Waals surface area contributed by atoms with Crippen molar-refractivity contribution in [3.05, 3.63) is 0 Å². The van der Waals surface area contributed by atoms with Gasteiger partial charge in [0.15, 0.2) is 0 Å². The molecule has 0 radical (unpaired) electrons. The fourth-order valence-corrected chi connectivity index (χ4v) is 5.88. The first kappa shape index (κ1) is 29.4. The molecule has 0 aromatic carbocycles. The van der Waals surface area contributed by atoms with Crippen LogP contribution in [-0.2, 0) is 14.3 Å². The van der Waals surface area contributed by atoms with Gasteiger partial charge in [-0.15, -0.1) is 0 Å². The zero-order valence-electron chi connectivity index (χ0n) is 23.5. The quantitative estimate of drug-likeness (QED) is 0.279. The molecule has 2 saturated heterocycles. The summed E-state index contributed by atoms with van der Waals surface area (Å²) in [6, 6.07) is 0. The topological polar surface area (TPSA) is 56.3 Å². The summed E-state index contributed by atoms with van der Waals surface area (Å²) in [6.45, 7) is 13.2. The van der Waals surface area contributed by atoms with Gasteiger partial charge in [-0.2, -0.15) is 0 Å². The molecule has 2 aliphatic heterocycles. The van der Waals surface area contributed by atoms with Crippen LogP contribution in [0.1, 0.15) is 90.4 Å². The molecule has 2 heterocycles. The van der Waals surface area contributed by atoms with Gasteiger partial charge in [-0.3, -0.25) is 9.59 Å². The molecule has 0 atom stereocenters. The van der Waals surface area contributed by atoms with Gasteiger partial charge in [0, 0.05) is 84.3 Å². The summed E-state index contributed by atoms with van der Waals surface area (Å²) in [5.41, 5.74) is 0.485. The van der Waals surface area contributed by atoms with Gasteiger partial charge in [0.05, 0.1) is 6.61 Å². The SMILES string of the molecule is CCCC(=O)N1CCN(C(=O)CCCCCCCCCCN2CCN(CC3(COC)CC3)CC2)CC1. The lowest BCUT2D eigenvalue weighted by Crippen LogP contribution is -2.50. The van der Waals surface area contributed by atoms with Crippen molar-refractivity contribution in [1.29, 1.82) is 0 Å². The van der Waals surface area contributed by atoms with Gasteiger partial charge in [0.25, 0.3) is 0 Å². The summed E-state index contributed by atoms with van der Waals surface area (Å²) in [5, 5.41) is 0. The summed E-state index contributed by atoms with van der Waals surface area (Å²) in [4.78, 5) is 33.6. The molecule has 3 aliphatic rings. The zero-order chi connectivity index (χ0) is 25.6. The molecule has 0 unspecified atom stereocenters. The van der Waals surface area contributed by atoms with Gasteiger partial charge in [0.1, 0.15) is 0 Å². The zero-order valence-corrected chi connectivity index (χ0v) is 23.5.